The fourth-order valence-electron chi connectivity index (χ4n) is 2.15. The number of pyridine rings is 1. The molecule has 0 fully saturated rings. The van der Waals surface area contributed by atoms with E-state index in [1.54, 1.807) is 18.3 Å². The molecule has 0 bridgehead atoms. The number of hydrogen-bond donors (Lipinski definition) is 2. The molecule has 0 spiro atoms. The van der Waals surface area contributed by atoms with Crippen LogP contribution >= 0.6 is 0 Å². The van der Waals surface area contributed by atoms with Crippen molar-refractivity contribution >= 4 is 27.4 Å². The highest BCUT2D eigenvalue weighted by Crippen LogP contribution is 2.24. The van der Waals surface area contributed by atoms with Crippen molar-refractivity contribution < 1.29 is 13.2 Å². The lowest BCUT2D eigenvalue weighted by Gasteiger charge is -2.13. The molecule has 0 saturated heterocycles. The molecular weight excluding hydrogens is 364 g/mol. The van der Waals surface area contributed by atoms with Crippen LogP contribution in [-0.2, 0) is 10.2 Å². The summed E-state index contributed by atoms with van der Waals surface area (Å²) in [5.41, 5.74) is 1.60. The third-order valence-electron chi connectivity index (χ3n) is 3.60. The van der Waals surface area contributed by atoms with Gasteiger partial charge in [-0.1, -0.05) is 18.2 Å². The van der Waals surface area contributed by atoms with E-state index in [1.807, 2.05) is 54.6 Å². The third-order valence-corrected chi connectivity index (χ3v) is 5.03. The van der Waals surface area contributed by atoms with E-state index >= 15 is 0 Å². The average molecular weight is 384 g/mol. The summed E-state index contributed by atoms with van der Waals surface area (Å²) in [6.07, 6.45) is 1.56. The van der Waals surface area contributed by atoms with E-state index < -0.39 is 10.2 Å². The second-order valence-electron chi connectivity index (χ2n) is 5.89. The molecule has 0 aliphatic rings. The Hall–Kier alpha value is -3.10. The van der Waals surface area contributed by atoms with Crippen LogP contribution in [0.4, 0.5) is 17.2 Å². The summed E-state index contributed by atoms with van der Waals surface area (Å²) in [6.45, 7) is 0. The molecule has 0 aliphatic carbocycles. The van der Waals surface area contributed by atoms with Crippen LogP contribution < -0.4 is 14.8 Å². The Morgan fingerprint density at radius 1 is 0.852 bits per heavy atom. The maximum Gasteiger partial charge on any atom is 0.302 e. The minimum atomic E-state index is -3.57. The van der Waals surface area contributed by atoms with E-state index in [-0.39, 0.29) is 5.82 Å². The van der Waals surface area contributed by atoms with Crippen LogP contribution in [0.1, 0.15) is 0 Å². The highest BCUT2D eigenvalue weighted by Gasteiger charge is 2.13. The molecule has 140 valence electrons. The lowest BCUT2D eigenvalue weighted by molar-refractivity contribution is 0.483. The second kappa shape index (κ2) is 8.07. The van der Waals surface area contributed by atoms with Gasteiger partial charge in [-0.25, -0.2) is 4.98 Å². The SMILES string of the molecule is CN(C)S(=O)(=O)Nc1ccc(Nc2ccc(Oc3ccccc3)cc2)cn1. The van der Waals surface area contributed by atoms with Crippen molar-refractivity contribution in [2.75, 3.05) is 24.1 Å². The number of aromatic nitrogens is 1. The first-order valence-electron chi connectivity index (χ1n) is 8.19. The van der Waals surface area contributed by atoms with E-state index in [9.17, 15) is 8.42 Å². The lowest BCUT2D eigenvalue weighted by Crippen LogP contribution is -2.29. The van der Waals surface area contributed by atoms with E-state index in [0.29, 0.717) is 0 Å². The molecule has 3 rings (SSSR count). The summed E-state index contributed by atoms with van der Waals surface area (Å²) in [5, 5.41) is 3.20. The Kier molecular flexibility index (Phi) is 5.58. The Balaban J connectivity index is 1.62. The molecule has 0 amide bonds. The summed E-state index contributed by atoms with van der Waals surface area (Å²) < 4.78 is 32.8. The molecule has 0 unspecified atom stereocenters. The van der Waals surface area contributed by atoms with E-state index in [1.165, 1.54) is 14.1 Å². The van der Waals surface area contributed by atoms with Crippen molar-refractivity contribution in [3.63, 3.8) is 0 Å². The van der Waals surface area contributed by atoms with Gasteiger partial charge in [0.25, 0.3) is 0 Å². The van der Waals surface area contributed by atoms with E-state index in [4.69, 9.17) is 4.74 Å². The quantitative estimate of drug-likeness (QED) is 0.647. The highest BCUT2D eigenvalue weighted by atomic mass is 32.2. The second-order valence-corrected chi connectivity index (χ2v) is 7.77. The highest BCUT2D eigenvalue weighted by molar-refractivity contribution is 7.90. The molecule has 1 aromatic heterocycles. The van der Waals surface area contributed by atoms with Crippen molar-refractivity contribution in [3.8, 4) is 11.5 Å². The number of para-hydroxylation sites is 1. The third kappa shape index (κ3) is 5.19. The monoisotopic (exact) mass is 384 g/mol. The number of hydrogen-bond acceptors (Lipinski definition) is 5. The summed E-state index contributed by atoms with van der Waals surface area (Å²) in [5.74, 6) is 1.76. The topological polar surface area (TPSA) is 83.6 Å². The Morgan fingerprint density at radius 2 is 1.48 bits per heavy atom. The summed E-state index contributed by atoms with van der Waals surface area (Å²) in [7, 11) is -0.671. The molecule has 0 radical (unpaired) electrons. The first kappa shape index (κ1) is 18.7. The number of benzene rings is 2. The minimum Gasteiger partial charge on any atom is -0.457 e. The predicted octanol–water partition coefficient (Wildman–Crippen LogP) is 3.84. The van der Waals surface area contributed by atoms with Crippen LogP contribution in [0.5, 0.6) is 11.5 Å². The van der Waals surface area contributed by atoms with Gasteiger partial charge in [0.15, 0.2) is 0 Å². The zero-order chi connectivity index (χ0) is 19.3. The van der Waals surface area contributed by atoms with Gasteiger partial charge in [-0.3, -0.25) is 4.72 Å². The summed E-state index contributed by atoms with van der Waals surface area (Å²) >= 11 is 0. The Bertz CT molecular complexity index is 974. The molecule has 7 nitrogen and oxygen atoms in total. The van der Waals surface area contributed by atoms with Crippen molar-refractivity contribution in [2.45, 2.75) is 0 Å². The molecule has 0 saturated carbocycles. The molecule has 1 heterocycles. The average Bonchev–Trinajstić information content (AvgIpc) is 2.65. The number of ether oxygens (including phenoxy) is 1. The maximum atomic E-state index is 11.8. The largest absolute Gasteiger partial charge is 0.457 e. The fourth-order valence-corrected chi connectivity index (χ4v) is 2.72. The number of anilines is 3. The molecule has 0 atom stereocenters. The molecular formula is C19H20N4O3S. The van der Waals surface area contributed by atoms with Gasteiger partial charge in [0.1, 0.15) is 17.3 Å². The van der Waals surface area contributed by atoms with E-state index in [2.05, 4.69) is 15.0 Å². The molecule has 3 aromatic rings. The molecule has 0 aliphatic heterocycles. The van der Waals surface area contributed by atoms with Gasteiger partial charge in [-0.2, -0.15) is 12.7 Å². The van der Waals surface area contributed by atoms with Crippen LogP contribution in [-0.4, -0.2) is 31.8 Å². The first-order chi connectivity index (χ1) is 12.9. The van der Waals surface area contributed by atoms with Gasteiger partial charge < -0.3 is 10.1 Å². The van der Waals surface area contributed by atoms with Crippen LogP contribution in [0.2, 0.25) is 0 Å². The van der Waals surface area contributed by atoms with Gasteiger partial charge in [-0.05, 0) is 48.5 Å². The van der Waals surface area contributed by atoms with Crippen LogP contribution in [0.3, 0.4) is 0 Å². The van der Waals surface area contributed by atoms with Gasteiger partial charge in [-0.15, -0.1) is 0 Å². The summed E-state index contributed by atoms with van der Waals surface area (Å²) in [6, 6.07) is 20.4. The van der Waals surface area contributed by atoms with Crippen molar-refractivity contribution in [3.05, 3.63) is 72.9 Å². The zero-order valence-corrected chi connectivity index (χ0v) is 15.8. The number of rotatable bonds is 7. The predicted molar refractivity (Wildman–Crippen MR) is 107 cm³/mol. The smallest absolute Gasteiger partial charge is 0.302 e. The summed E-state index contributed by atoms with van der Waals surface area (Å²) in [4.78, 5) is 4.11. The molecule has 2 N–H and O–H groups in total. The lowest BCUT2D eigenvalue weighted by atomic mass is 10.3. The Morgan fingerprint density at radius 3 is 2.07 bits per heavy atom. The minimum absolute atomic E-state index is 0.251. The number of nitrogens with one attached hydrogen (secondary N) is 2. The van der Waals surface area contributed by atoms with Crippen LogP contribution in [0, 0.1) is 0 Å². The number of nitrogens with zero attached hydrogens (tertiary/aromatic N) is 2. The standard InChI is InChI=1S/C19H20N4O3S/c1-23(2)27(24,25)22-19-13-10-16(14-20-19)21-15-8-11-18(12-9-15)26-17-6-4-3-5-7-17/h3-14,21H,1-2H3,(H,20,22). The first-order valence-corrected chi connectivity index (χ1v) is 9.63. The van der Waals surface area contributed by atoms with Gasteiger partial charge in [0.05, 0.1) is 11.9 Å². The fraction of sp³-hybridized carbons (Fsp3) is 0.105. The van der Waals surface area contributed by atoms with Gasteiger partial charge in [0, 0.05) is 19.8 Å². The Labute approximate surface area is 158 Å². The molecule has 8 heteroatoms. The molecule has 27 heavy (non-hydrogen) atoms. The van der Waals surface area contributed by atoms with Crippen molar-refractivity contribution in [2.24, 2.45) is 0 Å². The molecule has 2 aromatic carbocycles. The van der Waals surface area contributed by atoms with Crippen molar-refractivity contribution in [1.82, 2.24) is 9.29 Å². The van der Waals surface area contributed by atoms with Gasteiger partial charge in [0.2, 0.25) is 0 Å². The van der Waals surface area contributed by atoms with Crippen LogP contribution in [0.25, 0.3) is 0 Å². The van der Waals surface area contributed by atoms with Crippen LogP contribution in [0.15, 0.2) is 72.9 Å². The maximum absolute atomic E-state index is 11.8. The van der Waals surface area contributed by atoms with E-state index in [0.717, 1.165) is 27.2 Å². The zero-order valence-electron chi connectivity index (χ0n) is 15.0. The van der Waals surface area contributed by atoms with Gasteiger partial charge >= 0.3 is 10.2 Å². The van der Waals surface area contributed by atoms with Crippen molar-refractivity contribution in [1.29, 1.82) is 0 Å². The normalized spacial score (nSPS) is 11.2.